The zero-order valence-corrected chi connectivity index (χ0v) is 23.5. The van der Waals surface area contributed by atoms with Crippen LogP contribution in [0, 0.1) is 17.2 Å². The van der Waals surface area contributed by atoms with Gasteiger partial charge in [0.05, 0.1) is 29.6 Å². The van der Waals surface area contributed by atoms with Crippen LogP contribution in [-0.4, -0.2) is 35.8 Å². The Morgan fingerprint density at radius 1 is 0.949 bits per heavy atom. The SMILES string of the molecule is CC(=O)C(C)N(CCC(C)C)c1ccc(NC(=O)C(NCC(C)c2ccc(C#N)cc2)c2ccccc2)nc1. The third-order valence-corrected chi connectivity index (χ3v) is 6.97. The van der Waals surface area contributed by atoms with E-state index in [0.717, 1.165) is 29.8 Å². The van der Waals surface area contributed by atoms with Gasteiger partial charge >= 0.3 is 0 Å². The number of aromatic nitrogens is 1. The van der Waals surface area contributed by atoms with Crippen molar-refractivity contribution < 1.29 is 9.59 Å². The van der Waals surface area contributed by atoms with Gasteiger partial charge in [-0.3, -0.25) is 9.59 Å². The third kappa shape index (κ3) is 8.49. The van der Waals surface area contributed by atoms with Crippen molar-refractivity contribution in [1.29, 1.82) is 5.26 Å². The van der Waals surface area contributed by atoms with Gasteiger partial charge in [-0.1, -0.05) is 63.2 Å². The second-order valence-electron chi connectivity index (χ2n) is 10.4. The summed E-state index contributed by atoms with van der Waals surface area (Å²) in [6.45, 7) is 11.2. The second kappa shape index (κ2) is 14.2. The minimum absolute atomic E-state index is 0.100. The minimum Gasteiger partial charge on any atom is -0.361 e. The molecule has 3 aromatic rings. The molecule has 3 rings (SSSR count). The highest BCUT2D eigenvalue weighted by atomic mass is 16.2. The van der Waals surface area contributed by atoms with Crippen LogP contribution in [-0.2, 0) is 9.59 Å². The first-order chi connectivity index (χ1) is 18.7. The number of carbonyl (C=O) groups is 2. The molecule has 1 heterocycles. The van der Waals surface area contributed by atoms with Gasteiger partial charge < -0.3 is 15.5 Å². The van der Waals surface area contributed by atoms with Gasteiger partial charge in [0.2, 0.25) is 5.91 Å². The van der Waals surface area contributed by atoms with Gasteiger partial charge in [-0.2, -0.15) is 5.26 Å². The Hall–Kier alpha value is -4.02. The van der Waals surface area contributed by atoms with Crippen LogP contribution in [0.1, 0.15) is 69.7 Å². The number of carbonyl (C=O) groups excluding carboxylic acids is 2. The fraction of sp³-hybridized carbons (Fsp3) is 0.375. The summed E-state index contributed by atoms with van der Waals surface area (Å²) in [5, 5.41) is 15.4. The first-order valence-corrected chi connectivity index (χ1v) is 13.5. The van der Waals surface area contributed by atoms with E-state index in [1.807, 2.05) is 67.6 Å². The average Bonchev–Trinajstić information content (AvgIpc) is 2.94. The van der Waals surface area contributed by atoms with Gasteiger partial charge in [0.15, 0.2) is 5.78 Å². The van der Waals surface area contributed by atoms with Crippen LogP contribution in [0.5, 0.6) is 0 Å². The molecule has 0 aliphatic rings. The van der Waals surface area contributed by atoms with E-state index in [-0.39, 0.29) is 23.7 Å². The summed E-state index contributed by atoms with van der Waals surface area (Å²) in [5.41, 5.74) is 3.42. The van der Waals surface area contributed by atoms with E-state index in [4.69, 9.17) is 5.26 Å². The molecule has 3 atom stereocenters. The molecule has 0 aliphatic carbocycles. The molecule has 0 aliphatic heterocycles. The lowest BCUT2D eigenvalue weighted by molar-refractivity contribution is -0.119. The van der Waals surface area contributed by atoms with Crippen LogP contribution in [0.25, 0.3) is 0 Å². The standard InChI is InChI=1S/C32H39N5O2/c1-22(2)17-18-37(24(4)25(5)38)29-15-16-30(34-21-29)36-32(39)31(28-9-7-6-8-10-28)35-20-23(3)27-13-11-26(19-33)12-14-27/h6-16,21-24,31,35H,17-18,20H2,1-5H3,(H,34,36,39). The molecule has 2 aromatic carbocycles. The fourth-order valence-corrected chi connectivity index (χ4v) is 4.30. The summed E-state index contributed by atoms with van der Waals surface area (Å²) in [6, 6.07) is 22.1. The lowest BCUT2D eigenvalue weighted by atomic mass is 9.98. The minimum atomic E-state index is -0.575. The molecule has 0 bridgehead atoms. The van der Waals surface area contributed by atoms with Crippen molar-refractivity contribution in [2.75, 3.05) is 23.3 Å². The Bertz CT molecular complexity index is 1250. The Kier molecular flexibility index (Phi) is 10.8. The Labute approximate surface area is 232 Å². The molecule has 1 aromatic heterocycles. The normalized spacial score (nSPS) is 13.3. The lowest BCUT2D eigenvalue weighted by Gasteiger charge is -2.30. The second-order valence-corrected chi connectivity index (χ2v) is 10.4. The maximum absolute atomic E-state index is 13.4. The number of anilines is 2. The van der Waals surface area contributed by atoms with Crippen LogP contribution in [0.15, 0.2) is 72.9 Å². The predicted molar refractivity (Wildman–Crippen MR) is 157 cm³/mol. The van der Waals surface area contributed by atoms with Crippen molar-refractivity contribution in [3.63, 3.8) is 0 Å². The van der Waals surface area contributed by atoms with Gasteiger partial charge in [-0.25, -0.2) is 4.98 Å². The van der Waals surface area contributed by atoms with Crippen LogP contribution < -0.4 is 15.5 Å². The summed E-state index contributed by atoms with van der Waals surface area (Å²) >= 11 is 0. The Morgan fingerprint density at radius 2 is 1.64 bits per heavy atom. The van der Waals surface area contributed by atoms with Crippen molar-refractivity contribution in [1.82, 2.24) is 10.3 Å². The predicted octanol–water partition coefficient (Wildman–Crippen LogP) is 5.86. The summed E-state index contributed by atoms with van der Waals surface area (Å²) < 4.78 is 0. The fourth-order valence-electron chi connectivity index (χ4n) is 4.30. The number of hydrogen-bond acceptors (Lipinski definition) is 6. The smallest absolute Gasteiger partial charge is 0.247 e. The Morgan fingerprint density at radius 3 is 2.21 bits per heavy atom. The molecule has 2 N–H and O–H groups in total. The number of hydrogen-bond donors (Lipinski definition) is 2. The molecule has 0 radical (unpaired) electrons. The summed E-state index contributed by atoms with van der Waals surface area (Å²) in [6.07, 6.45) is 2.68. The van der Waals surface area contributed by atoms with E-state index in [2.05, 4.69) is 47.4 Å². The van der Waals surface area contributed by atoms with E-state index in [1.165, 1.54) is 0 Å². The van der Waals surface area contributed by atoms with E-state index in [9.17, 15) is 9.59 Å². The number of pyridine rings is 1. The monoisotopic (exact) mass is 525 g/mol. The zero-order chi connectivity index (χ0) is 28.4. The quantitative estimate of drug-likeness (QED) is 0.290. The molecule has 3 unspecified atom stereocenters. The van der Waals surface area contributed by atoms with Crippen molar-refractivity contribution in [3.05, 3.63) is 89.6 Å². The molecule has 1 amide bonds. The number of nitriles is 1. The molecule has 7 heteroatoms. The van der Waals surface area contributed by atoms with E-state index in [0.29, 0.717) is 23.8 Å². The number of rotatable bonds is 13. The van der Waals surface area contributed by atoms with Crippen molar-refractivity contribution in [3.8, 4) is 6.07 Å². The molecule has 0 fully saturated rings. The van der Waals surface area contributed by atoms with Crippen molar-refractivity contribution in [2.24, 2.45) is 5.92 Å². The first-order valence-electron chi connectivity index (χ1n) is 13.5. The van der Waals surface area contributed by atoms with Crippen LogP contribution in [0.4, 0.5) is 11.5 Å². The van der Waals surface area contributed by atoms with Crippen LogP contribution >= 0.6 is 0 Å². The van der Waals surface area contributed by atoms with E-state index < -0.39 is 6.04 Å². The lowest BCUT2D eigenvalue weighted by Crippen LogP contribution is -2.39. The van der Waals surface area contributed by atoms with Gasteiger partial charge in [-0.05, 0) is 67.5 Å². The number of nitrogens with one attached hydrogen (secondary N) is 2. The molecule has 204 valence electrons. The van der Waals surface area contributed by atoms with Crippen molar-refractivity contribution in [2.45, 2.75) is 59.0 Å². The molecular formula is C32H39N5O2. The van der Waals surface area contributed by atoms with Crippen molar-refractivity contribution >= 4 is 23.2 Å². The number of nitrogens with zero attached hydrogens (tertiary/aromatic N) is 3. The first kappa shape index (κ1) is 29.5. The maximum Gasteiger partial charge on any atom is 0.247 e. The highest BCUT2D eigenvalue weighted by Crippen LogP contribution is 2.22. The molecule has 0 spiro atoms. The highest BCUT2D eigenvalue weighted by molar-refractivity contribution is 5.95. The molecule has 0 saturated heterocycles. The maximum atomic E-state index is 13.4. The molecule has 39 heavy (non-hydrogen) atoms. The Balaban J connectivity index is 1.73. The van der Waals surface area contributed by atoms with Crippen LogP contribution in [0.2, 0.25) is 0 Å². The topological polar surface area (TPSA) is 98.1 Å². The molecule has 7 nitrogen and oxygen atoms in total. The zero-order valence-electron chi connectivity index (χ0n) is 23.5. The summed E-state index contributed by atoms with van der Waals surface area (Å²) in [5.74, 6) is 0.991. The highest BCUT2D eigenvalue weighted by Gasteiger charge is 2.23. The van der Waals surface area contributed by atoms with Crippen LogP contribution in [0.3, 0.4) is 0 Å². The molecular weight excluding hydrogens is 486 g/mol. The van der Waals surface area contributed by atoms with Gasteiger partial charge in [0, 0.05) is 13.1 Å². The summed E-state index contributed by atoms with van der Waals surface area (Å²) in [4.78, 5) is 32.1. The van der Waals surface area contributed by atoms with Gasteiger partial charge in [-0.15, -0.1) is 0 Å². The number of amides is 1. The van der Waals surface area contributed by atoms with E-state index >= 15 is 0 Å². The van der Waals surface area contributed by atoms with E-state index in [1.54, 1.807) is 19.2 Å². The average molecular weight is 526 g/mol. The van der Waals surface area contributed by atoms with Gasteiger partial charge in [0.25, 0.3) is 0 Å². The molecule has 0 saturated carbocycles. The third-order valence-electron chi connectivity index (χ3n) is 6.97. The largest absolute Gasteiger partial charge is 0.361 e. The number of Topliss-reactive ketones (excluding diaryl/α,β-unsaturated/α-hetero) is 1. The summed E-state index contributed by atoms with van der Waals surface area (Å²) in [7, 11) is 0. The van der Waals surface area contributed by atoms with Gasteiger partial charge in [0.1, 0.15) is 11.9 Å². The number of benzene rings is 2. The number of ketones is 1.